The van der Waals surface area contributed by atoms with Gasteiger partial charge >= 0.3 is 0 Å². The van der Waals surface area contributed by atoms with E-state index in [4.69, 9.17) is 10.7 Å². The molecule has 1 aromatic rings. The van der Waals surface area contributed by atoms with Crippen LogP contribution in [0.15, 0.2) is 17.2 Å². The highest BCUT2D eigenvalue weighted by atomic mass is 35.7. The van der Waals surface area contributed by atoms with Crippen molar-refractivity contribution in [3.05, 3.63) is 12.3 Å². The molecule has 0 fully saturated rings. The molecule has 0 radical (unpaired) electrons. The number of hydrogen-bond donors (Lipinski definition) is 1. The van der Waals surface area contributed by atoms with Gasteiger partial charge in [-0.2, -0.15) is 0 Å². The Labute approximate surface area is 122 Å². The van der Waals surface area contributed by atoms with Gasteiger partial charge in [-0.3, -0.25) is 0 Å². The molecule has 3 nitrogen and oxygen atoms in total. The van der Waals surface area contributed by atoms with Crippen LogP contribution in [0.25, 0.3) is 0 Å². The van der Waals surface area contributed by atoms with Crippen molar-refractivity contribution in [2.75, 3.05) is 0 Å². The molecular weight excluding hydrogens is 298 g/mol. The van der Waals surface area contributed by atoms with Crippen molar-refractivity contribution in [1.82, 2.24) is 4.98 Å². The lowest BCUT2D eigenvalue weighted by Crippen LogP contribution is -2.57. The first-order valence-corrected chi connectivity index (χ1v) is 11.2. The highest BCUT2D eigenvalue weighted by molar-refractivity contribution is 8.14. The molecule has 0 aliphatic heterocycles. The minimum Gasteiger partial charge on any atom is -0.367 e. The minimum atomic E-state index is -3.70. The first-order chi connectivity index (χ1) is 8.56. The van der Waals surface area contributed by atoms with Crippen LogP contribution in [0.1, 0.15) is 41.5 Å². The van der Waals surface area contributed by atoms with Gasteiger partial charge in [0.05, 0.1) is 4.90 Å². The van der Waals surface area contributed by atoms with Gasteiger partial charge in [-0.25, -0.2) is 8.42 Å². The van der Waals surface area contributed by atoms with E-state index in [9.17, 15) is 8.42 Å². The minimum absolute atomic E-state index is 0.275. The average molecular weight is 322 g/mol. The van der Waals surface area contributed by atoms with Crippen molar-refractivity contribution < 1.29 is 8.42 Å². The van der Waals surface area contributed by atoms with E-state index in [-0.39, 0.29) is 4.90 Å². The standard InChI is InChI=1S/C13H24ClNO2SSi/c1-9(2)19(10(3)4,11(5)6)13-12(7-8-15-13)18(14,16)17/h7-11,15H,1-6H3. The molecule has 0 spiro atoms. The van der Waals surface area contributed by atoms with Crippen molar-refractivity contribution in [2.24, 2.45) is 0 Å². The number of nitrogens with one attached hydrogen (secondary N) is 1. The first kappa shape index (κ1) is 16.8. The molecule has 0 aromatic carbocycles. The summed E-state index contributed by atoms with van der Waals surface area (Å²) in [6.45, 7) is 13.2. The molecule has 1 aromatic heterocycles. The van der Waals surface area contributed by atoms with Gasteiger partial charge in [-0.05, 0) is 22.7 Å². The smallest absolute Gasteiger partial charge is 0.262 e. The fourth-order valence-corrected chi connectivity index (χ4v) is 12.4. The zero-order valence-corrected chi connectivity index (χ0v) is 15.1. The van der Waals surface area contributed by atoms with E-state index in [0.717, 1.165) is 5.32 Å². The molecular formula is C13H24ClNO2SSi. The summed E-state index contributed by atoms with van der Waals surface area (Å²) in [5, 5.41) is 0.877. The lowest BCUT2D eigenvalue weighted by atomic mass is 10.5. The second-order valence-electron chi connectivity index (χ2n) is 6.05. The summed E-state index contributed by atoms with van der Waals surface area (Å²) in [6, 6.07) is 1.59. The van der Waals surface area contributed by atoms with Crippen molar-refractivity contribution in [1.29, 1.82) is 0 Å². The van der Waals surface area contributed by atoms with Gasteiger partial charge in [-0.15, -0.1) is 0 Å². The molecule has 0 bridgehead atoms. The predicted octanol–water partition coefficient (Wildman–Crippen LogP) is 3.83. The monoisotopic (exact) mass is 321 g/mol. The van der Waals surface area contributed by atoms with Crippen LogP contribution < -0.4 is 5.32 Å². The van der Waals surface area contributed by atoms with E-state index in [1.807, 2.05) is 0 Å². The van der Waals surface area contributed by atoms with E-state index >= 15 is 0 Å². The van der Waals surface area contributed by atoms with Gasteiger partial charge in [0, 0.05) is 22.2 Å². The van der Waals surface area contributed by atoms with Crippen LogP contribution in [0.3, 0.4) is 0 Å². The summed E-state index contributed by atoms with van der Waals surface area (Å²) >= 11 is 0. The van der Waals surface area contributed by atoms with Crippen LogP contribution in [0.5, 0.6) is 0 Å². The third-order valence-electron chi connectivity index (χ3n) is 4.27. The van der Waals surface area contributed by atoms with Crippen LogP contribution in [-0.2, 0) is 9.05 Å². The van der Waals surface area contributed by atoms with E-state index in [1.54, 1.807) is 12.3 Å². The second-order valence-corrected chi connectivity index (χ2v) is 14.4. The maximum atomic E-state index is 11.8. The van der Waals surface area contributed by atoms with E-state index < -0.39 is 17.1 Å². The summed E-state index contributed by atoms with van der Waals surface area (Å²) < 4.78 is 23.6. The van der Waals surface area contributed by atoms with Gasteiger partial charge in [0.15, 0.2) is 0 Å². The van der Waals surface area contributed by atoms with Crippen LogP contribution in [-0.4, -0.2) is 21.5 Å². The van der Waals surface area contributed by atoms with E-state index in [1.165, 1.54) is 0 Å². The van der Waals surface area contributed by atoms with Gasteiger partial charge in [0.1, 0.15) is 8.07 Å². The Balaban J connectivity index is 3.65. The van der Waals surface area contributed by atoms with Crippen LogP contribution in [0.4, 0.5) is 0 Å². The predicted molar refractivity (Wildman–Crippen MR) is 84.5 cm³/mol. The van der Waals surface area contributed by atoms with E-state index in [0.29, 0.717) is 16.6 Å². The normalized spacial score (nSPS) is 13.8. The Morgan fingerprint density at radius 1 is 1.05 bits per heavy atom. The maximum absolute atomic E-state index is 11.8. The topological polar surface area (TPSA) is 49.9 Å². The number of H-pyrrole nitrogens is 1. The number of hydrogen-bond acceptors (Lipinski definition) is 2. The van der Waals surface area contributed by atoms with Gasteiger partial charge in [0.25, 0.3) is 9.05 Å². The molecule has 1 N–H and O–H groups in total. The van der Waals surface area contributed by atoms with Gasteiger partial charge in [0.2, 0.25) is 0 Å². The molecule has 1 rings (SSSR count). The number of rotatable bonds is 5. The molecule has 0 atom stereocenters. The van der Waals surface area contributed by atoms with Gasteiger partial charge < -0.3 is 4.98 Å². The molecule has 0 amide bonds. The molecule has 0 aliphatic rings. The molecule has 6 heteroatoms. The number of halogens is 1. The zero-order chi connectivity index (χ0) is 15.0. The Kier molecular flexibility index (Phi) is 4.97. The molecule has 1 heterocycles. The van der Waals surface area contributed by atoms with Gasteiger partial charge in [-0.1, -0.05) is 41.5 Å². The third-order valence-corrected chi connectivity index (χ3v) is 12.8. The fraction of sp³-hybridized carbons (Fsp3) is 0.692. The third kappa shape index (κ3) is 2.78. The summed E-state index contributed by atoms with van der Waals surface area (Å²) in [6.07, 6.45) is 1.69. The highest BCUT2D eigenvalue weighted by Gasteiger charge is 2.47. The highest BCUT2D eigenvalue weighted by Crippen LogP contribution is 2.41. The molecule has 110 valence electrons. The summed E-state index contributed by atoms with van der Waals surface area (Å²) in [7, 11) is -0.124. The SMILES string of the molecule is CC(C)[Si](c1[nH]ccc1S(=O)(=O)Cl)(C(C)C)C(C)C. The molecule has 0 saturated carbocycles. The largest absolute Gasteiger partial charge is 0.367 e. The molecule has 19 heavy (non-hydrogen) atoms. The Bertz CT molecular complexity index is 513. The lowest BCUT2D eigenvalue weighted by molar-refractivity contribution is 0.610. The van der Waals surface area contributed by atoms with Crippen LogP contribution >= 0.6 is 10.7 Å². The van der Waals surface area contributed by atoms with Crippen molar-refractivity contribution >= 4 is 33.1 Å². The Hall–Kier alpha value is -0.263. The first-order valence-electron chi connectivity index (χ1n) is 6.68. The lowest BCUT2D eigenvalue weighted by Gasteiger charge is -2.42. The fourth-order valence-electron chi connectivity index (χ4n) is 3.76. The van der Waals surface area contributed by atoms with Crippen molar-refractivity contribution in [2.45, 2.75) is 63.1 Å². The Morgan fingerprint density at radius 2 is 1.47 bits per heavy atom. The van der Waals surface area contributed by atoms with E-state index in [2.05, 4.69) is 46.5 Å². The van der Waals surface area contributed by atoms with Crippen molar-refractivity contribution in [3.8, 4) is 0 Å². The second kappa shape index (κ2) is 5.62. The average Bonchev–Trinajstić information content (AvgIpc) is 2.64. The number of aromatic nitrogens is 1. The molecule has 0 unspecified atom stereocenters. The van der Waals surface area contributed by atoms with Crippen LogP contribution in [0, 0.1) is 0 Å². The maximum Gasteiger partial charge on any atom is 0.262 e. The molecule has 0 aliphatic carbocycles. The summed E-state index contributed by atoms with van der Waals surface area (Å²) in [5.74, 6) is 0. The number of aromatic amines is 1. The summed E-state index contributed by atoms with van der Waals surface area (Å²) in [4.78, 5) is 3.47. The Morgan fingerprint density at radius 3 is 1.79 bits per heavy atom. The zero-order valence-electron chi connectivity index (χ0n) is 12.5. The van der Waals surface area contributed by atoms with Crippen LogP contribution in [0.2, 0.25) is 16.6 Å². The quantitative estimate of drug-likeness (QED) is 0.662. The van der Waals surface area contributed by atoms with Crippen molar-refractivity contribution in [3.63, 3.8) is 0 Å². The molecule has 0 saturated heterocycles. The summed E-state index contributed by atoms with van der Waals surface area (Å²) in [5.41, 5.74) is 1.30.